The van der Waals surface area contributed by atoms with Crippen molar-refractivity contribution in [3.8, 4) is 11.4 Å². The molecule has 5 nitrogen and oxygen atoms in total. The maximum atomic E-state index is 4.53. The van der Waals surface area contributed by atoms with Crippen LogP contribution in [-0.4, -0.2) is 18.9 Å². The summed E-state index contributed by atoms with van der Waals surface area (Å²) < 4.78 is 6.63. The van der Waals surface area contributed by atoms with Crippen LogP contribution in [0.15, 0.2) is 43.0 Å². The van der Waals surface area contributed by atoms with E-state index in [1.54, 1.807) is 0 Å². The van der Waals surface area contributed by atoms with E-state index in [0.717, 1.165) is 17.9 Å². The lowest BCUT2D eigenvalue weighted by Gasteiger charge is -1.94. The van der Waals surface area contributed by atoms with Crippen molar-refractivity contribution in [1.29, 1.82) is 0 Å². The summed E-state index contributed by atoms with van der Waals surface area (Å²) in [5.41, 5.74) is 5.74. The Balaban J connectivity index is 1.99. The van der Waals surface area contributed by atoms with Gasteiger partial charge in [-0.25, -0.2) is 14.1 Å². The van der Waals surface area contributed by atoms with E-state index in [1.165, 1.54) is 22.4 Å². The summed E-state index contributed by atoms with van der Waals surface area (Å²) in [7, 11) is 2.11. The largest absolute Gasteiger partial charge is 0.300 e. The summed E-state index contributed by atoms with van der Waals surface area (Å²) in [6.07, 6.45) is 7.88. The molecule has 0 amide bonds. The van der Waals surface area contributed by atoms with E-state index in [0.29, 0.717) is 0 Å². The van der Waals surface area contributed by atoms with Gasteiger partial charge in [0.2, 0.25) is 5.52 Å². The van der Waals surface area contributed by atoms with Gasteiger partial charge in [-0.3, -0.25) is 4.98 Å². The Morgan fingerprint density at radius 3 is 3.05 bits per heavy atom. The van der Waals surface area contributed by atoms with Crippen molar-refractivity contribution in [2.24, 2.45) is 7.05 Å². The molecular weight excluding hydrogens is 250 g/mol. The van der Waals surface area contributed by atoms with Crippen LogP contribution in [0.25, 0.3) is 28.1 Å². The Morgan fingerprint density at radius 2 is 2.10 bits per heavy atom. The fraction of sp³-hybridized carbons (Fsp3) is 0.133. The molecule has 96 valence electrons. The molecular formula is C15H12N5+. The number of aromatic nitrogens is 5. The maximum absolute atomic E-state index is 4.53. The molecule has 0 atom stereocenters. The molecule has 0 radical (unpaired) electrons. The average Bonchev–Trinajstić information content (AvgIpc) is 3.10. The first-order valence-electron chi connectivity index (χ1n) is 6.63. The standard InChI is InChI=1S/C15H12N5/c1-18-12-9-19-7-3-6-17-14(19)13(12)20-8-11-10(15(18)20)4-2-5-16-11/h2-7,9H,8H2,1H3/q+1. The van der Waals surface area contributed by atoms with Crippen LogP contribution in [0.4, 0.5) is 0 Å². The zero-order valence-corrected chi connectivity index (χ0v) is 11.0. The number of imidazole rings is 1. The fourth-order valence-electron chi connectivity index (χ4n) is 3.28. The third-order valence-electron chi connectivity index (χ3n) is 4.13. The number of hydrogen-bond donors (Lipinski definition) is 0. The van der Waals surface area contributed by atoms with Crippen molar-refractivity contribution in [1.82, 2.24) is 18.9 Å². The molecule has 0 aliphatic carbocycles. The van der Waals surface area contributed by atoms with Gasteiger partial charge in [-0.1, -0.05) is 0 Å². The van der Waals surface area contributed by atoms with Crippen molar-refractivity contribution in [2.45, 2.75) is 6.54 Å². The predicted octanol–water partition coefficient (Wildman–Crippen LogP) is 1.54. The monoisotopic (exact) mass is 262 g/mol. The molecule has 0 saturated heterocycles. The third-order valence-corrected chi connectivity index (χ3v) is 4.13. The number of hydrogen-bond acceptors (Lipinski definition) is 2. The molecule has 0 unspecified atom stereocenters. The predicted molar refractivity (Wildman–Crippen MR) is 74.2 cm³/mol. The van der Waals surface area contributed by atoms with Crippen LogP contribution in [0.1, 0.15) is 5.69 Å². The van der Waals surface area contributed by atoms with E-state index in [-0.39, 0.29) is 0 Å². The number of fused-ring (bicyclic) bond motifs is 7. The van der Waals surface area contributed by atoms with E-state index >= 15 is 0 Å². The first kappa shape index (κ1) is 10.1. The second-order valence-corrected chi connectivity index (χ2v) is 5.18. The van der Waals surface area contributed by atoms with E-state index in [9.17, 15) is 0 Å². The van der Waals surface area contributed by atoms with Gasteiger partial charge < -0.3 is 4.40 Å². The lowest BCUT2D eigenvalue weighted by Crippen LogP contribution is -2.31. The molecule has 0 fully saturated rings. The molecule has 5 heteroatoms. The molecule has 0 spiro atoms. The van der Waals surface area contributed by atoms with Gasteiger partial charge in [-0.2, -0.15) is 0 Å². The minimum atomic E-state index is 0.819. The van der Waals surface area contributed by atoms with Crippen LogP contribution in [-0.2, 0) is 13.6 Å². The van der Waals surface area contributed by atoms with E-state index < -0.39 is 0 Å². The smallest absolute Gasteiger partial charge is 0.292 e. The van der Waals surface area contributed by atoms with Gasteiger partial charge in [0.05, 0.1) is 24.5 Å². The van der Waals surface area contributed by atoms with Gasteiger partial charge in [0.15, 0.2) is 11.2 Å². The second-order valence-electron chi connectivity index (χ2n) is 5.18. The van der Waals surface area contributed by atoms with Gasteiger partial charge in [-0.05, 0) is 18.2 Å². The van der Waals surface area contributed by atoms with Gasteiger partial charge in [0.1, 0.15) is 6.54 Å². The highest BCUT2D eigenvalue weighted by molar-refractivity contribution is 5.89. The Kier molecular flexibility index (Phi) is 1.65. The molecule has 0 saturated carbocycles. The van der Waals surface area contributed by atoms with E-state index in [1.807, 2.05) is 30.7 Å². The summed E-state index contributed by atoms with van der Waals surface area (Å²) in [6, 6.07) is 6.09. The zero-order valence-electron chi connectivity index (χ0n) is 11.0. The number of pyridine rings is 1. The highest BCUT2D eigenvalue weighted by Gasteiger charge is 2.35. The van der Waals surface area contributed by atoms with Crippen LogP contribution in [0, 0.1) is 0 Å². The van der Waals surface area contributed by atoms with Crippen molar-refractivity contribution in [3.05, 3.63) is 48.7 Å². The number of nitrogens with zero attached hydrogens (tertiary/aromatic N) is 5. The zero-order chi connectivity index (χ0) is 13.3. The van der Waals surface area contributed by atoms with Crippen molar-refractivity contribution in [2.75, 3.05) is 0 Å². The van der Waals surface area contributed by atoms with Crippen LogP contribution >= 0.6 is 0 Å². The molecule has 4 aromatic heterocycles. The van der Waals surface area contributed by atoms with Crippen molar-refractivity contribution in [3.63, 3.8) is 0 Å². The van der Waals surface area contributed by atoms with Crippen molar-refractivity contribution >= 4 is 16.7 Å². The van der Waals surface area contributed by atoms with E-state index in [2.05, 4.69) is 42.8 Å². The highest BCUT2D eigenvalue weighted by Crippen LogP contribution is 2.30. The Labute approximate surface area is 114 Å². The SMILES string of the molecule is Cn1c2[n+](c3c1cn1cccnc31)Cc1ncccc1-2. The molecule has 0 N–H and O–H groups in total. The summed E-state index contributed by atoms with van der Waals surface area (Å²) in [5, 5.41) is 0. The van der Waals surface area contributed by atoms with Crippen LogP contribution in [0.3, 0.4) is 0 Å². The minimum absolute atomic E-state index is 0.819. The molecule has 0 aromatic carbocycles. The number of rotatable bonds is 0. The quantitative estimate of drug-likeness (QED) is 0.397. The summed E-state index contributed by atoms with van der Waals surface area (Å²) in [4.78, 5) is 9.03. The Hall–Kier alpha value is -2.69. The summed E-state index contributed by atoms with van der Waals surface area (Å²) in [5.74, 6) is 1.21. The Bertz CT molecular complexity index is 992. The first-order valence-corrected chi connectivity index (χ1v) is 6.63. The van der Waals surface area contributed by atoms with Crippen molar-refractivity contribution < 1.29 is 4.57 Å². The van der Waals surface area contributed by atoms with Gasteiger partial charge in [0.25, 0.3) is 5.82 Å². The summed E-state index contributed by atoms with van der Waals surface area (Å²) in [6.45, 7) is 0.819. The van der Waals surface area contributed by atoms with Gasteiger partial charge in [0, 0.05) is 18.6 Å². The second kappa shape index (κ2) is 3.25. The molecule has 0 bridgehead atoms. The molecule has 4 aromatic rings. The first-order chi connectivity index (χ1) is 9.84. The van der Waals surface area contributed by atoms with Crippen LogP contribution in [0.5, 0.6) is 0 Å². The molecule has 5 heterocycles. The third kappa shape index (κ3) is 1.02. The van der Waals surface area contributed by atoms with Crippen LogP contribution in [0.2, 0.25) is 0 Å². The minimum Gasteiger partial charge on any atom is -0.300 e. The van der Waals surface area contributed by atoms with Gasteiger partial charge >= 0.3 is 0 Å². The molecule has 1 aliphatic rings. The fourth-order valence-corrected chi connectivity index (χ4v) is 3.28. The van der Waals surface area contributed by atoms with Gasteiger partial charge in [-0.15, -0.1) is 0 Å². The lowest BCUT2D eigenvalue weighted by molar-refractivity contribution is -0.645. The molecule has 5 rings (SSSR count). The van der Waals surface area contributed by atoms with Crippen LogP contribution < -0.4 is 4.57 Å². The highest BCUT2D eigenvalue weighted by atomic mass is 15.2. The Morgan fingerprint density at radius 1 is 1.20 bits per heavy atom. The maximum Gasteiger partial charge on any atom is 0.292 e. The number of aryl methyl sites for hydroxylation is 1. The lowest BCUT2D eigenvalue weighted by atomic mass is 10.2. The van der Waals surface area contributed by atoms with E-state index in [4.69, 9.17) is 0 Å². The average molecular weight is 262 g/mol. The topological polar surface area (TPSA) is 39.0 Å². The molecule has 20 heavy (non-hydrogen) atoms. The molecule has 1 aliphatic heterocycles. The summed E-state index contributed by atoms with van der Waals surface area (Å²) >= 11 is 0. The normalized spacial score (nSPS) is 13.1.